The van der Waals surface area contributed by atoms with Gasteiger partial charge in [0.15, 0.2) is 0 Å². The summed E-state index contributed by atoms with van der Waals surface area (Å²) in [4.78, 5) is 12.0. The lowest BCUT2D eigenvalue weighted by Gasteiger charge is -2.00. The maximum absolute atomic E-state index is 12.0. The van der Waals surface area contributed by atoms with Crippen molar-refractivity contribution in [3.05, 3.63) is 71.8 Å². The Morgan fingerprint density at radius 3 is 2.40 bits per heavy atom. The average Bonchev–Trinajstić information content (AvgIpc) is 3.30. The second-order valence-electron chi connectivity index (χ2n) is 5.00. The smallest absolute Gasteiger partial charge is 0.243 e. The first kappa shape index (κ1) is 12.6. The number of rotatable bonds is 4. The van der Waals surface area contributed by atoms with Gasteiger partial charge in [0, 0.05) is 5.92 Å². The molecule has 0 aromatic heterocycles. The van der Waals surface area contributed by atoms with Gasteiger partial charge in [0.2, 0.25) is 5.91 Å². The van der Waals surface area contributed by atoms with Crippen molar-refractivity contribution in [2.45, 2.75) is 12.3 Å². The monoisotopic (exact) mass is 264 g/mol. The van der Waals surface area contributed by atoms with Gasteiger partial charge < -0.3 is 0 Å². The van der Waals surface area contributed by atoms with Crippen molar-refractivity contribution in [3.63, 3.8) is 0 Å². The van der Waals surface area contributed by atoms with Crippen LogP contribution in [0.4, 0.5) is 0 Å². The fraction of sp³-hybridized carbons (Fsp3) is 0.176. The number of carbonyl (C=O) groups is 1. The van der Waals surface area contributed by atoms with E-state index in [0.29, 0.717) is 5.92 Å². The molecular formula is C17H16N2O. The zero-order chi connectivity index (χ0) is 13.8. The lowest BCUT2D eigenvalue weighted by Crippen LogP contribution is -2.20. The van der Waals surface area contributed by atoms with Crippen LogP contribution in [0.1, 0.15) is 23.5 Å². The van der Waals surface area contributed by atoms with Gasteiger partial charge in [0.05, 0.1) is 6.21 Å². The Morgan fingerprint density at radius 2 is 1.70 bits per heavy atom. The third-order valence-electron chi connectivity index (χ3n) is 3.54. The van der Waals surface area contributed by atoms with Gasteiger partial charge in [0.1, 0.15) is 0 Å². The second kappa shape index (κ2) is 5.70. The van der Waals surface area contributed by atoms with Crippen molar-refractivity contribution in [2.75, 3.05) is 0 Å². The molecule has 0 spiro atoms. The Balaban J connectivity index is 1.53. The van der Waals surface area contributed by atoms with Crippen molar-refractivity contribution in [2.24, 2.45) is 11.0 Å². The molecule has 1 fully saturated rings. The molecule has 1 aliphatic rings. The highest BCUT2D eigenvalue weighted by atomic mass is 16.2. The van der Waals surface area contributed by atoms with E-state index in [9.17, 15) is 4.79 Å². The molecule has 0 heterocycles. The van der Waals surface area contributed by atoms with Crippen LogP contribution in [0.2, 0.25) is 0 Å². The van der Waals surface area contributed by atoms with Gasteiger partial charge in [-0.3, -0.25) is 4.79 Å². The first-order valence-electron chi connectivity index (χ1n) is 6.77. The molecule has 1 saturated carbocycles. The van der Waals surface area contributed by atoms with Crippen LogP contribution in [-0.2, 0) is 4.79 Å². The van der Waals surface area contributed by atoms with Gasteiger partial charge in [0.25, 0.3) is 0 Å². The average molecular weight is 264 g/mol. The van der Waals surface area contributed by atoms with E-state index >= 15 is 0 Å². The summed E-state index contributed by atoms with van der Waals surface area (Å²) >= 11 is 0. The predicted molar refractivity (Wildman–Crippen MR) is 79.5 cm³/mol. The second-order valence-corrected chi connectivity index (χ2v) is 5.00. The third-order valence-corrected chi connectivity index (χ3v) is 3.54. The summed E-state index contributed by atoms with van der Waals surface area (Å²) < 4.78 is 0. The van der Waals surface area contributed by atoms with Crippen molar-refractivity contribution in [1.29, 1.82) is 0 Å². The number of carbonyl (C=O) groups excluding carboxylic acids is 1. The van der Waals surface area contributed by atoms with E-state index in [2.05, 4.69) is 22.7 Å². The minimum atomic E-state index is 0.00559. The highest BCUT2D eigenvalue weighted by Gasteiger charge is 2.43. The van der Waals surface area contributed by atoms with Gasteiger partial charge in [-0.1, -0.05) is 60.7 Å². The highest BCUT2D eigenvalue weighted by Crippen LogP contribution is 2.47. The third kappa shape index (κ3) is 2.94. The molecule has 20 heavy (non-hydrogen) atoms. The molecule has 2 aromatic carbocycles. The number of nitrogens with one attached hydrogen (secondary N) is 1. The number of hydrogen-bond acceptors (Lipinski definition) is 2. The largest absolute Gasteiger partial charge is 0.273 e. The number of nitrogens with zero attached hydrogens (tertiary/aromatic N) is 1. The molecule has 3 nitrogen and oxygen atoms in total. The van der Waals surface area contributed by atoms with E-state index in [4.69, 9.17) is 0 Å². The number of benzene rings is 2. The maximum atomic E-state index is 12.0. The summed E-state index contributed by atoms with van der Waals surface area (Å²) in [6, 6.07) is 19.9. The minimum Gasteiger partial charge on any atom is -0.273 e. The Labute approximate surface area is 118 Å². The summed E-state index contributed by atoms with van der Waals surface area (Å²) in [6.07, 6.45) is 2.58. The molecule has 2 aromatic rings. The van der Waals surface area contributed by atoms with Crippen LogP contribution in [0.5, 0.6) is 0 Å². The van der Waals surface area contributed by atoms with Gasteiger partial charge >= 0.3 is 0 Å². The first-order valence-corrected chi connectivity index (χ1v) is 6.77. The van der Waals surface area contributed by atoms with Crippen LogP contribution < -0.4 is 5.43 Å². The molecule has 0 saturated heterocycles. The van der Waals surface area contributed by atoms with E-state index in [1.807, 2.05) is 48.5 Å². The summed E-state index contributed by atoms with van der Waals surface area (Å²) in [6.45, 7) is 0. The lowest BCUT2D eigenvalue weighted by atomic mass is 10.1. The van der Waals surface area contributed by atoms with E-state index in [-0.39, 0.29) is 11.8 Å². The molecule has 0 aliphatic heterocycles. The molecule has 2 unspecified atom stereocenters. The SMILES string of the molecule is O=C(N/N=C/c1ccccc1)C1CC1c1ccccc1. The first-order chi connectivity index (χ1) is 9.84. The number of hydrazone groups is 1. The molecule has 0 bridgehead atoms. The summed E-state index contributed by atoms with van der Waals surface area (Å²) in [7, 11) is 0. The van der Waals surface area contributed by atoms with Crippen molar-refractivity contribution in [1.82, 2.24) is 5.43 Å². The van der Waals surface area contributed by atoms with Crippen LogP contribution in [0.15, 0.2) is 65.8 Å². The van der Waals surface area contributed by atoms with Crippen LogP contribution >= 0.6 is 0 Å². The van der Waals surface area contributed by atoms with Crippen LogP contribution in [0, 0.1) is 5.92 Å². The Morgan fingerprint density at radius 1 is 1.05 bits per heavy atom. The lowest BCUT2D eigenvalue weighted by molar-refractivity contribution is -0.122. The van der Waals surface area contributed by atoms with Crippen LogP contribution in [-0.4, -0.2) is 12.1 Å². The van der Waals surface area contributed by atoms with E-state index in [1.54, 1.807) is 6.21 Å². The zero-order valence-corrected chi connectivity index (χ0v) is 11.1. The molecule has 3 rings (SSSR count). The van der Waals surface area contributed by atoms with Crippen LogP contribution in [0.25, 0.3) is 0 Å². The van der Waals surface area contributed by atoms with Crippen molar-refractivity contribution in [3.8, 4) is 0 Å². The van der Waals surface area contributed by atoms with Crippen molar-refractivity contribution >= 4 is 12.1 Å². The molecule has 100 valence electrons. The topological polar surface area (TPSA) is 41.5 Å². The van der Waals surface area contributed by atoms with E-state index in [1.165, 1.54) is 5.56 Å². The fourth-order valence-electron chi connectivity index (χ4n) is 2.35. The summed E-state index contributed by atoms with van der Waals surface area (Å²) in [5.41, 5.74) is 4.83. The van der Waals surface area contributed by atoms with Crippen LogP contribution in [0.3, 0.4) is 0 Å². The van der Waals surface area contributed by atoms with Gasteiger partial charge in [-0.2, -0.15) is 5.10 Å². The molecule has 3 heteroatoms. The van der Waals surface area contributed by atoms with Crippen molar-refractivity contribution < 1.29 is 4.79 Å². The number of hydrogen-bond donors (Lipinski definition) is 1. The summed E-state index contributed by atoms with van der Waals surface area (Å²) in [5.74, 6) is 0.416. The van der Waals surface area contributed by atoms with E-state index in [0.717, 1.165) is 12.0 Å². The molecule has 1 aliphatic carbocycles. The van der Waals surface area contributed by atoms with E-state index < -0.39 is 0 Å². The Bertz CT molecular complexity index is 607. The quantitative estimate of drug-likeness (QED) is 0.669. The minimum absolute atomic E-state index is 0.00559. The predicted octanol–water partition coefficient (Wildman–Crippen LogP) is 2.94. The standard InChI is InChI=1S/C17H16N2O/c20-17(19-18-12-13-7-3-1-4-8-13)16-11-15(16)14-9-5-2-6-10-14/h1-10,12,15-16H,11H2,(H,19,20)/b18-12+. The molecule has 2 atom stereocenters. The Kier molecular flexibility index (Phi) is 3.59. The zero-order valence-electron chi connectivity index (χ0n) is 11.1. The normalized spacial score (nSPS) is 20.8. The fourth-order valence-corrected chi connectivity index (χ4v) is 2.35. The Hall–Kier alpha value is -2.42. The highest BCUT2D eigenvalue weighted by molar-refractivity contribution is 5.85. The van der Waals surface area contributed by atoms with Gasteiger partial charge in [-0.05, 0) is 23.5 Å². The molecule has 1 N–H and O–H groups in total. The summed E-state index contributed by atoms with van der Waals surface area (Å²) in [5, 5.41) is 4.01. The molecular weight excluding hydrogens is 248 g/mol. The maximum Gasteiger partial charge on any atom is 0.243 e. The van der Waals surface area contributed by atoms with Gasteiger partial charge in [-0.15, -0.1) is 0 Å². The molecule has 0 radical (unpaired) electrons. The number of amides is 1. The molecule has 1 amide bonds. The van der Waals surface area contributed by atoms with Gasteiger partial charge in [-0.25, -0.2) is 5.43 Å².